The van der Waals surface area contributed by atoms with Crippen molar-refractivity contribution in [3.8, 4) is 11.5 Å². The van der Waals surface area contributed by atoms with Crippen molar-refractivity contribution >= 4 is 35.2 Å². The number of halogens is 2. The Morgan fingerprint density at radius 1 is 1.15 bits per heavy atom. The second-order valence-corrected chi connectivity index (χ2v) is 12.2. The first-order valence-corrected chi connectivity index (χ1v) is 14.8. The summed E-state index contributed by atoms with van der Waals surface area (Å²) in [5.41, 5.74) is 0.272. The number of amides is 2. The van der Waals surface area contributed by atoms with Crippen LogP contribution in [0.5, 0.6) is 11.5 Å². The number of thioether (sulfide) groups is 1. The van der Waals surface area contributed by atoms with Crippen LogP contribution in [-0.2, 0) is 11.3 Å². The summed E-state index contributed by atoms with van der Waals surface area (Å²) in [4.78, 5) is 41.3. The zero-order valence-electron chi connectivity index (χ0n) is 22.5. The molecule has 2 heterocycles. The number of benzene rings is 1. The molecule has 2 amide bonds. The molecule has 1 aromatic heterocycles. The lowest BCUT2D eigenvalue weighted by Crippen LogP contribution is -2.48. The van der Waals surface area contributed by atoms with E-state index in [0.29, 0.717) is 53.9 Å². The molecule has 0 spiro atoms. The maximum Gasteiger partial charge on any atom is 0.257 e. The Kier molecular flexibility index (Phi) is 7.39. The molecule has 1 aliphatic heterocycles. The molecule has 5 rings (SSSR count). The molecule has 2 aliphatic carbocycles. The number of carbonyl (C=O) groups excluding carboxylic acids is 2. The van der Waals surface area contributed by atoms with E-state index >= 15 is 0 Å². The molecule has 0 saturated heterocycles. The standard InChI is InChI=1S/C28H33ClFN3O5S/c1-14-11-21(39-4)19(25(35)32-14)13-31-24(34)18-12-20(29)23-22(15(18)2)37-27(3,38-23)16-5-7-17(8-6-16)33-26(36)28(30)9-10-28/h11-12,16-17H,5-10,13H2,1-4H3,(H,31,34)(H,32,35)(H,33,36). The molecule has 2 aromatic rings. The molecule has 11 heteroatoms. The van der Waals surface area contributed by atoms with Gasteiger partial charge in [-0.25, -0.2) is 4.39 Å². The average molecular weight is 578 g/mol. The van der Waals surface area contributed by atoms with Gasteiger partial charge in [0.2, 0.25) is 0 Å². The highest BCUT2D eigenvalue weighted by atomic mass is 35.5. The Balaban J connectivity index is 1.26. The third kappa shape index (κ3) is 5.37. The van der Waals surface area contributed by atoms with E-state index in [1.807, 2.05) is 26.2 Å². The van der Waals surface area contributed by atoms with Crippen LogP contribution >= 0.6 is 23.4 Å². The molecule has 2 fully saturated rings. The number of ether oxygens (including phenoxy) is 2. The summed E-state index contributed by atoms with van der Waals surface area (Å²) in [6.07, 6.45) is 5.32. The summed E-state index contributed by atoms with van der Waals surface area (Å²) in [6.45, 7) is 5.52. The Morgan fingerprint density at radius 3 is 2.46 bits per heavy atom. The highest BCUT2D eigenvalue weighted by Gasteiger charge is 2.52. The molecular formula is C28H33ClFN3O5S. The van der Waals surface area contributed by atoms with Crippen LogP contribution in [0.1, 0.15) is 72.6 Å². The van der Waals surface area contributed by atoms with Crippen molar-refractivity contribution in [2.45, 2.75) is 88.2 Å². The number of carbonyl (C=O) groups is 2. The van der Waals surface area contributed by atoms with Crippen LogP contribution in [0.25, 0.3) is 0 Å². The average Bonchev–Trinajstić information content (AvgIpc) is 3.54. The molecule has 1 atom stereocenters. The van der Waals surface area contributed by atoms with Crippen molar-refractivity contribution in [2.75, 3.05) is 6.26 Å². The van der Waals surface area contributed by atoms with Gasteiger partial charge in [-0.2, -0.15) is 0 Å². The molecule has 210 valence electrons. The zero-order valence-corrected chi connectivity index (χ0v) is 24.0. The van der Waals surface area contributed by atoms with Crippen LogP contribution in [0.4, 0.5) is 4.39 Å². The van der Waals surface area contributed by atoms with Gasteiger partial charge in [-0.15, -0.1) is 11.8 Å². The maximum absolute atomic E-state index is 14.0. The quantitative estimate of drug-likeness (QED) is 0.401. The van der Waals surface area contributed by atoms with Crippen LogP contribution in [0.15, 0.2) is 21.8 Å². The SMILES string of the molecule is CSc1cc(C)[nH]c(=O)c1CNC(=O)c1cc(Cl)c2c(c1C)OC(C)(C1CCC(NC(=O)C3(F)CC3)CC1)O2. The van der Waals surface area contributed by atoms with Gasteiger partial charge in [0, 0.05) is 52.7 Å². The lowest BCUT2D eigenvalue weighted by molar-refractivity contribution is -0.130. The van der Waals surface area contributed by atoms with Gasteiger partial charge in [-0.05, 0) is 70.8 Å². The minimum absolute atomic E-state index is 0.0179. The first-order chi connectivity index (χ1) is 18.4. The fourth-order valence-corrected chi connectivity index (χ4v) is 6.40. The van der Waals surface area contributed by atoms with Crippen molar-refractivity contribution < 1.29 is 23.5 Å². The molecule has 1 aromatic carbocycles. The van der Waals surface area contributed by atoms with E-state index in [2.05, 4.69) is 15.6 Å². The van der Waals surface area contributed by atoms with Gasteiger partial charge in [0.05, 0.1) is 5.02 Å². The molecular weight excluding hydrogens is 545 g/mol. The first-order valence-electron chi connectivity index (χ1n) is 13.2. The molecule has 2 saturated carbocycles. The Bertz CT molecular complexity index is 1390. The number of aromatic nitrogens is 1. The number of hydrogen-bond donors (Lipinski definition) is 3. The van der Waals surface area contributed by atoms with E-state index in [9.17, 15) is 18.8 Å². The summed E-state index contributed by atoms with van der Waals surface area (Å²) in [5, 5.41) is 5.96. The van der Waals surface area contributed by atoms with E-state index in [0.717, 1.165) is 23.4 Å². The number of fused-ring (bicyclic) bond motifs is 1. The van der Waals surface area contributed by atoms with E-state index in [4.69, 9.17) is 21.1 Å². The Hall–Kier alpha value is -2.72. The molecule has 0 radical (unpaired) electrons. The molecule has 1 unspecified atom stereocenters. The number of H-pyrrole nitrogens is 1. The van der Waals surface area contributed by atoms with Crippen LogP contribution < -0.4 is 25.7 Å². The molecule has 3 N–H and O–H groups in total. The number of hydrogen-bond acceptors (Lipinski definition) is 6. The third-order valence-electron chi connectivity index (χ3n) is 8.07. The highest BCUT2D eigenvalue weighted by molar-refractivity contribution is 7.98. The minimum Gasteiger partial charge on any atom is -0.448 e. The lowest BCUT2D eigenvalue weighted by Gasteiger charge is -2.37. The topological polar surface area (TPSA) is 110 Å². The van der Waals surface area contributed by atoms with E-state index < -0.39 is 17.4 Å². The molecule has 3 aliphatic rings. The first kappa shape index (κ1) is 27.8. The fourth-order valence-electron chi connectivity index (χ4n) is 5.46. The number of rotatable bonds is 7. The summed E-state index contributed by atoms with van der Waals surface area (Å²) in [7, 11) is 0. The predicted molar refractivity (Wildman–Crippen MR) is 148 cm³/mol. The molecule has 0 bridgehead atoms. The van der Waals surface area contributed by atoms with Crippen LogP contribution in [-0.4, -0.2) is 40.6 Å². The van der Waals surface area contributed by atoms with Gasteiger partial charge < -0.3 is 25.1 Å². The van der Waals surface area contributed by atoms with Crippen molar-refractivity contribution in [3.05, 3.63) is 49.9 Å². The van der Waals surface area contributed by atoms with Gasteiger partial charge in [0.1, 0.15) is 0 Å². The molecule has 39 heavy (non-hydrogen) atoms. The third-order valence-corrected chi connectivity index (χ3v) is 9.15. The minimum atomic E-state index is -1.67. The second-order valence-electron chi connectivity index (χ2n) is 10.9. The second kappa shape index (κ2) is 10.4. The normalized spacial score (nSPS) is 24.8. The van der Waals surface area contributed by atoms with Gasteiger partial charge in [0.25, 0.3) is 23.2 Å². The van der Waals surface area contributed by atoms with Gasteiger partial charge >= 0.3 is 0 Å². The van der Waals surface area contributed by atoms with Gasteiger partial charge in [-0.3, -0.25) is 14.4 Å². The lowest BCUT2D eigenvalue weighted by atomic mass is 9.81. The number of nitrogens with one attached hydrogen (secondary N) is 3. The van der Waals surface area contributed by atoms with Crippen molar-refractivity contribution in [1.82, 2.24) is 15.6 Å². The van der Waals surface area contributed by atoms with Crippen molar-refractivity contribution in [1.29, 1.82) is 0 Å². The van der Waals surface area contributed by atoms with E-state index in [1.165, 1.54) is 11.8 Å². The number of pyridine rings is 1. The van der Waals surface area contributed by atoms with Gasteiger partial charge in [0.15, 0.2) is 17.2 Å². The maximum atomic E-state index is 14.0. The molecule has 8 nitrogen and oxygen atoms in total. The predicted octanol–water partition coefficient (Wildman–Crippen LogP) is 4.96. The smallest absolute Gasteiger partial charge is 0.257 e. The van der Waals surface area contributed by atoms with Crippen LogP contribution in [0, 0.1) is 19.8 Å². The number of alkyl halides is 1. The van der Waals surface area contributed by atoms with Crippen LogP contribution in [0.2, 0.25) is 5.02 Å². The zero-order chi connectivity index (χ0) is 28.1. The fraction of sp³-hybridized carbons (Fsp3) is 0.536. The highest BCUT2D eigenvalue weighted by Crippen LogP contribution is 2.51. The summed E-state index contributed by atoms with van der Waals surface area (Å²) < 4.78 is 26.7. The van der Waals surface area contributed by atoms with E-state index in [1.54, 1.807) is 13.0 Å². The Labute approximate surface area is 235 Å². The number of aromatic amines is 1. The Morgan fingerprint density at radius 2 is 1.82 bits per heavy atom. The number of aryl methyl sites for hydroxylation is 1. The van der Waals surface area contributed by atoms with E-state index in [-0.39, 0.29) is 35.0 Å². The van der Waals surface area contributed by atoms with Gasteiger partial charge in [-0.1, -0.05) is 11.6 Å². The monoisotopic (exact) mass is 577 g/mol. The summed E-state index contributed by atoms with van der Waals surface area (Å²) >= 11 is 8.01. The van der Waals surface area contributed by atoms with Crippen LogP contribution in [0.3, 0.4) is 0 Å². The van der Waals surface area contributed by atoms with Crippen molar-refractivity contribution in [2.24, 2.45) is 5.92 Å². The largest absolute Gasteiger partial charge is 0.448 e. The summed E-state index contributed by atoms with van der Waals surface area (Å²) in [5.74, 6) is -1.01. The van der Waals surface area contributed by atoms with Crippen molar-refractivity contribution in [3.63, 3.8) is 0 Å². The summed E-state index contributed by atoms with van der Waals surface area (Å²) in [6, 6.07) is 3.37.